The number of aliphatic carboxylic acids is 1. The summed E-state index contributed by atoms with van der Waals surface area (Å²) in [6.07, 6.45) is 1.55. The molecule has 0 aromatic heterocycles. The molecule has 0 radical (unpaired) electrons. The molecule has 2 aliphatic rings. The van der Waals surface area contributed by atoms with Crippen LogP contribution in [0.3, 0.4) is 0 Å². The van der Waals surface area contributed by atoms with E-state index >= 15 is 4.39 Å². The van der Waals surface area contributed by atoms with E-state index in [0.29, 0.717) is 32.4 Å². The Labute approximate surface area is 147 Å². The number of ether oxygens (including phenoxy) is 1. The lowest BCUT2D eigenvalue weighted by Crippen LogP contribution is -2.56. The number of urea groups is 1. The van der Waals surface area contributed by atoms with Crippen LogP contribution in [0, 0.1) is 5.92 Å². The van der Waals surface area contributed by atoms with Crippen molar-refractivity contribution in [2.24, 2.45) is 5.92 Å². The molecule has 142 valence electrons. The molecule has 2 saturated heterocycles. The van der Waals surface area contributed by atoms with Crippen LogP contribution in [0.25, 0.3) is 0 Å². The first-order chi connectivity index (χ1) is 11.5. The van der Waals surface area contributed by atoms with E-state index in [1.807, 2.05) is 0 Å². The molecule has 0 aliphatic carbocycles. The zero-order valence-electron chi connectivity index (χ0n) is 15.1. The highest BCUT2D eigenvalue weighted by molar-refractivity contribution is 5.87. The normalized spacial score (nSPS) is 25.1. The van der Waals surface area contributed by atoms with Gasteiger partial charge in [-0.3, -0.25) is 9.69 Å². The minimum Gasteiger partial charge on any atom is -0.481 e. The summed E-state index contributed by atoms with van der Waals surface area (Å²) in [6.45, 7) is 5.88. The molecule has 2 aliphatic heterocycles. The number of carboxylic acids is 1. The molecule has 0 bridgehead atoms. The standard InChI is InChI=1S/C17H27FN2O5/c1-16(2,3)25-14(23)17(18)7-4-8-20(17)15(24)19-9-5-12(6-10-19)11-13(21)22/h12H,4-11H2,1-3H3,(H,21,22). The lowest BCUT2D eigenvalue weighted by molar-refractivity contribution is -0.178. The number of rotatable bonds is 3. The van der Waals surface area contributed by atoms with Gasteiger partial charge in [0, 0.05) is 32.5 Å². The van der Waals surface area contributed by atoms with Crippen molar-refractivity contribution < 1.29 is 28.6 Å². The minimum atomic E-state index is -2.43. The minimum absolute atomic E-state index is 0.0288. The quantitative estimate of drug-likeness (QED) is 0.618. The van der Waals surface area contributed by atoms with Crippen LogP contribution in [0.4, 0.5) is 9.18 Å². The number of esters is 1. The fourth-order valence-electron chi connectivity index (χ4n) is 3.35. The Morgan fingerprint density at radius 1 is 1.20 bits per heavy atom. The van der Waals surface area contributed by atoms with Gasteiger partial charge in [0.05, 0.1) is 0 Å². The van der Waals surface area contributed by atoms with E-state index in [-0.39, 0.29) is 25.3 Å². The van der Waals surface area contributed by atoms with Crippen molar-refractivity contribution in [2.75, 3.05) is 19.6 Å². The third-order valence-corrected chi connectivity index (χ3v) is 4.61. The molecule has 0 saturated carbocycles. The van der Waals surface area contributed by atoms with Gasteiger partial charge in [-0.05, 0) is 46.0 Å². The highest BCUT2D eigenvalue weighted by Gasteiger charge is 2.54. The van der Waals surface area contributed by atoms with Gasteiger partial charge in [-0.1, -0.05) is 0 Å². The number of carbonyl (C=O) groups is 3. The van der Waals surface area contributed by atoms with Gasteiger partial charge in [-0.15, -0.1) is 0 Å². The first kappa shape index (κ1) is 19.5. The van der Waals surface area contributed by atoms with Crippen LogP contribution < -0.4 is 0 Å². The van der Waals surface area contributed by atoms with Crippen molar-refractivity contribution in [3.63, 3.8) is 0 Å². The summed E-state index contributed by atoms with van der Waals surface area (Å²) in [5.74, 6) is -4.27. The van der Waals surface area contributed by atoms with Gasteiger partial charge < -0.3 is 14.7 Å². The Bertz CT molecular complexity index is 540. The van der Waals surface area contributed by atoms with Crippen LogP contribution in [0.5, 0.6) is 0 Å². The molecule has 0 spiro atoms. The molecule has 2 rings (SSSR count). The zero-order valence-corrected chi connectivity index (χ0v) is 15.1. The number of hydrogen-bond donors (Lipinski definition) is 1. The molecule has 0 aromatic rings. The highest BCUT2D eigenvalue weighted by Crippen LogP contribution is 2.35. The second-order valence-corrected chi connectivity index (χ2v) is 7.83. The first-order valence-electron chi connectivity index (χ1n) is 8.73. The van der Waals surface area contributed by atoms with E-state index in [0.717, 1.165) is 4.90 Å². The zero-order chi connectivity index (χ0) is 18.8. The van der Waals surface area contributed by atoms with E-state index in [9.17, 15) is 14.4 Å². The molecule has 1 atom stereocenters. The molecule has 0 aromatic carbocycles. The topological polar surface area (TPSA) is 87.2 Å². The lowest BCUT2D eigenvalue weighted by atomic mass is 9.94. The smallest absolute Gasteiger partial charge is 0.365 e. The van der Waals surface area contributed by atoms with Gasteiger partial charge in [-0.2, -0.15) is 0 Å². The van der Waals surface area contributed by atoms with Crippen molar-refractivity contribution in [1.82, 2.24) is 9.80 Å². The number of carbonyl (C=O) groups excluding carboxylic acids is 2. The molecule has 2 amide bonds. The Hall–Kier alpha value is -1.86. The fourth-order valence-corrected chi connectivity index (χ4v) is 3.35. The summed E-state index contributed by atoms with van der Waals surface area (Å²) < 4.78 is 20.4. The predicted octanol–water partition coefficient (Wildman–Crippen LogP) is 2.40. The molecule has 2 heterocycles. The van der Waals surface area contributed by atoms with E-state index < -0.39 is 29.4 Å². The monoisotopic (exact) mass is 358 g/mol. The summed E-state index contributed by atoms with van der Waals surface area (Å²) in [6, 6.07) is -0.514. The molecule has 25 heavy (non-hydrogen) atoms. The summed E-state index contributed by atoms with van der Waals surface area (Å²) in [7, 11) is 0. The van der Waals surface area contributed by atoms with Crippen molar-refractivity contribution in [2.45, 2.75) is 64.3 Å². The van der Waals surface area contributed by atoms with Crippen LogP contribution in [-0.2, 0) is 14.3 Å². The van der Waals surface area contributed by atoms with E-state index in [1.165, 1.54) is 4.90 Å². The van der Waals surface area contributed by atoms with Gasteiger partial charge in [0.2, 0.25) is 0 Å². The number of amides is 2. The summed E-state index contributed by atoms with van der Waals surface area (Å²) in [5.41, 5.74) is -0.831. The Morgan fingerprint density at radius 3 is 2.32 bits per heavy atom. The van der Waals surface area contributed by atoms with Crippen molar-refractivity contribution in [1.29, 1.82) is 0 Å². The van der Waals surface area contributed by atoms with Gasteiger partial charge >= 0.3 is 18.0 Å². The van der Waals surface area contributed by atoms with E-state index in [4.69, 9.17) is 9.84 Å². The predicted molar refractivity (Wildman–Crippen MR) is 87.6 cm³/mol. The van der Waals surface area contributed by atoms with E-state index in [2.05, 4.69) is 0 Å². The molecular formula is C17H27FN2O5. The van der Waals surface area contributed by atoms with Crippen LogP contribution >= 0.6 is 0 Å². The van der Waals surface area contributed by atoms with Crippen LogP contribution in [0.1, 0.15) is 52.9 Å². The number of halogens is 1. The molecule has 1 unspecified atom stereocenters. The van der Waals surface area contributed by atoms with Gasteiger partial charge in [0.25, 0.3) is 5.79 Å². The maximum atomic E-state index is 15.3. The Balaban J connectivity index is 2.01. The van der Waals surface area contributed by atoms with Crippen LogP contribution in [0.2, 0.25) is 0 Å². The van der Waals surface area contributed by atoms with Gasteiger partial charge in [0.15, 0.2) is 0 Å². The molecule has 8 heteroatoms. The number of carboxylic acid groups (broad SMARTS) is 1. The molecule has 7 nitrogen and oxygen atoms in total. The van der Waals surface area contributed by atoms with Gasteiger partial charge in [-0.25, -0.2) is 14.0 Å². The molecule has 2 fully saturated rings. The third-order valence-electron chi connectivity index (χ3n) is 4.61. The summed E-state index contributed by atoms with van der Waals surface area (Å²) in [4.78, 5) is 38.2. The first-order valence-corrected chi connectivity index (χ1v) is 8.73. The van der Waals surface area contributed by atoms with Crippen molar-refractivity contribution in [3.05, 3.63) is 0 Å². The Morgan fingerprint density at radius 2 is 1.80 bits per heavy atom. The SMILES string of the molecule is CC(C)(C)OC(=O)C1(F)CCCN1C(=O)N1CCC(CC(=O)O)CC1. The average molecular weight is 358 g/mol. The largest absolute Gasteiger partial charge is 0.481 e. The highest BCUT2D eigenvalue weighted by atomic mass is 19.1. The summed E-state index contributed by atoms with van der Waals surface area (Å²) >= 11 is 0. The van der Waals surface area contributed by atoms with Crippen molar-refractivity contribution in [3.8, 4) is 0 Å². The number of alkyl halides is 1. The lowest BCUT2D eigenvalue weighted by Gasteiger charge is -2.38. The number of nitrogens with zero attached hydrogens (tertiary/aromatic N) is 2. The maximum absolute atomic E-state index is 15.3. The van der Waals surface area contributed by atoms with Gasteiger partial charge in [0.1, 0.15) is 5.60 Å². The van der Waals surface area contributed by atoms with Crippen LogP contribution in [0.15, 0.2) is 0 Å². The molecule has 1 N–H and O–H groups in total. The van der Waals surface area contributed by atoms with E-state index in [1.54, 1.807) is 20.8 Å². The average Bonchev–Trinajstić information content (AvgIpc) is 2.88. The third kappa shape index (κ3) is 4.61. The Kier molecular flexibility index (Phi) is 5.58. The second kappa shape index (κ2) is 7.17. The maximum Gasteiger partial charge on any atom is 0.365 e. The summed E-state index contributed by atoms with van der Waals surface area (Å²) in [5, 5.41) is 8.85. The van der Waals surface area contributed by atoms with Crippen molar-refractivity contribution >= 4 is 18.0 Å². The molecular weight excluding hydrogens is 331 g/mol. The number of likely N-dealkylation sites (tertiary alicyclic amines) is 2. The number of piperidine rings is 1. The van der Waals surface area contributed by atoms with Crippen LogP contribution in [-0.4, -0.2) is 63.9 Å². The number of hydrogen-bond acceptors (Lipinski definition) is 4. The second-order valence-electron chi connectivity index (χ2n) is 7.83. The fraction of sp³-hybridized carbons (Fsp3) is 0.824.